The third-order valence-electron chi connectivity index (χ3n) is 5.51. The molecule has 2 aromatic heterocycles. The number of anilines is 1. The average Bonchev–Trinajstić information content (AvgIpc) is 3.41. The highest BCUT2D eigenvalue weighted by Gasteiger charge is 2.21. The van der Waals surface area contributed by atoms with Gasteiger partial charge in [-0.25, -0.2) is 4.98 Å². The van der Waals surface area contributed by atoms with Gasteiger partial charge in [0.05, 0.1) is 16.4 Å². The second kappa shape index (κ2) is 9.79. The minimum absolute atomic E-state index is 0.224. The monoisotopic (exact) mass is 489 g/mol. The van der Waals surface area contributed by atoms with E-state index in [0.717, 1.165) is 66.0 Å². The first kappa shape index (κ1) is 21.1. The molecule has 1 amide bonds. The van der Waals surface area contributed by atoms with Crippen LogP contribution < -0.4 is 10.6 Å². The van der Waals surface area contributed by atoms with Crippen molar-refractivity contribution >= 4 is 44.9 Å². The van der Waals surface area contributed by atoms with Crippen LogP contribution in [-0.2, 0) is 4.79 Å². The summed E-state index contributed by atoms with van der Waals surface area (Å²) in [6.07, 6.45) is 8.06. The van der Waals surface area contributed by atoms with E-state index in [1.807, 2.05) is 30.3 Å². The van der Waals surface area contributed by atoms with E-state index in [-0.39, 0.29) is 11.8 Å². The molecule has 0 bridgehead atoms. The number of nitrogens with one attached hydrogen (secondary N) is 2. The molecular weight excluding hydrogens is 466 g/mol. The minimum atomic E-state index is 0.224. The van der Waals surface area contributed by atoms with Gasteiger partial charge in [0.1, 0.15) is 5.82 Å². The first-order chi connectivity index (χ1) is 14.6. The average molecular weight is 491 g/mol. The van der Waals surface area contributed by atoms with Crippen molar-refractivity contribution in [1.82, 2.24) is 19.9 Å². The summed E-state index contributed by atoms with van der Waals surface area (Å²) in [7, 11) is 0. The lowest BCUT2D eigenvalue weighted by Crippen LogP contribution is -2.30. The largest absolute Gasteiger partial charge is 0.370 e. The Labute approximate surface area is 189 Å². The van der Waals surface area contributed by atoms with Crippen LogP contribution >= 0.6 is 27.5 Å². The molecule has 30 heavy (non-hydrogen) atoms. The Kier molecular flexibility index (Phi) is 6.89. The van der Waals surface area contributed by atoms with Crippen molar-refractivity contribution in [3.63, 3.8) is 0 Å². The molecule has 158 valence electrons. The van der Waals surface area contributed by atoms with E-state index in [0.29, 0.717) is 5.02 Å². The molecule has 2 N–H and O–H groups in total. The maximum absolute atomic E-state index is 12.1. The summed E-state index contributed by atoms with van der Waals surface area (Å²) in [6, 6.07) is 9.65. The molecule has 4 rings (SSSR count). The number of carbonyl (C=O) groups is 1. The SMILES string of the molecule is O=C(NCCCCNc1cc(-c2ccccc2Cl)nc2c(Br)cnn12)C1CCCC1. The molecule has 0 spiro atoms. The summed E-state index contributed by atoms with van der Waals surface area (Å²) >= 11 is 9.90. The summed E-state index contributed by atoms with van der Waals surface area (Å²) in [5, 5.41) is 11.6. The lowest BCUT2D eigenvalue weighted by atomic mass is 10.1. The molecule has 0 unspecified atom stereocenters. The smallest absolute Gasteiger partial charge is 0.223 e. The van der Waals surface area contributed by atoms with Crippen molar-refractivity contribution < 1.29 is 4.79 Å². The fourth-order valence-electron chi connectivity index (χ4n) is 3.88. The van der Waals surface area contributed by atoms with Crippen molar-refractivity contribution in [3.05, 3.63) is 46.0 Å². The standard InChI is InChI=1S/C22H25BrClN5O/c23-17-14-27-29-20(13-19(28-21(17)29)16-9-3-4-10-18(16)24)25-11-5-6-12-26-22(30)15-7-1-2-8-15/h3-4,9-10,13-15,25H,1-2,5-8,11-12H2,(H,26,30). The molecule has 0 saturated heterocycles. The van der Waals surface area contributed by atoms with Gasteiger partial charge in [-0.1, -0.05) is 42.6 Å². The molecule has 6 nitrogen and oxygen atoms in total. The summed E-state index contributed by atoms with van der Waals surface area (Å²) in [5.74, 6) is 1.31. The minimum Gasteiger partial charge on any atom is -0.370 e. The topological polar surface area (TPSA) is 71.3 Å². The van der Waals surface area contributed by atoms with Crippen LogP contribution in [0.3, 0.4) is 0 Å². The normalized spacial score (nSPS) is 14.3. The van der Waals surface area contributed by atoms with Crippen molar-refractivity contribution in [2.75, 3.05) is 18.4 Å². The first-order valence-corrected chi connectivity index (χ1v) is 11.6. The van der Waals surface area contributed by atoms with Gasteiger partial charge in [-0.2, -0.15) is 9.61 Å². The van der Waals surface area contributed by atoms with Crippen LogP contribution in [0.5, 0.6) is 0 Å². The van der Waals surface area contributed by atoms with E-state index in [1.54, 1.807) is 10.7 Å². The fraction of sp³-hybridized carbons (Fsp3) is 0.409. The van der Waals surface area contributed by atoms with Gasteiger partial charge in [-0.15, -0.1) is 0 Å². The van der Waals surface area contributed by atoms with Crippen LogP contribution in [0, 0.1) is 5.92 Å². The van der Waals surface area contributed by atoms with Gasteiger partial charge in [0.15, 0.2) is 5.65 Å². The van der Waals surface area contributed by atoms with Crippen LogP contribution in [0.1, 0.15) is 38.5 Å². The molecule has 0 atom stereocenters. The highest BCUT2D eigenvalue weighted by molar-refractivity contribution is 9.10. The number of hydrogen-bond donors (Lipinski definition) is 2. The molecule has 1 fully saturated rings. The number of fused-ring (bicyclic) bond motifs is 1. The second-order valence-electron chi connectivity index (χ2n) is 7.64. The van der Waals surface area contributed by atoms with Gasteiger partial charge in [0.2, 0.25) is 5.91 Å². The van der Waals surface area contributed by atoms with Crippen LogP contribution in [-0.4, -0.2) is 33.6 Å². The maximum Gasteiger partial charge on any atom is 0.223 e. The van der Waals surface area contributed by atoms with E-state index < -0.39 is 0 Å². The highest BCUT2D eigenvalue weighted by Crippen LogP contribution is 2.30. The number of nitrogens with zero attached hydrogens (tertiary/aromatic N) is 3. The molecule has 3 aromatic rings. The number of halogens is 2. The number of amides is 1. The number of benzene rings is 1. The Hall–Kier alpha value is -2.12. The molecule has 2 heterocycles. The third-order valence-corrected chi connectivity index (χ3v) is 6.40. The fourth-order valence-corrected chi connectivity index (χ4v) is 4.46. The summed E-state index contributed by atoms with van der Waals surface area (Å²) in [4.78, 5) is 16.8. The summed E-state index contributed by atoms with van der Waals surface area (Å²) < 4.78 is 2.61. The lowest BCUT2D eigenvalue weighted by Gasteiger charge is -2.12. The molecule has 1 aliphatic carbocycles. The first-order valence-electron chi connectivity index (χ1n) is 10.4. The van der Waals surface area contributed by atoms with Gasteiger partial charge >= 0.3 is 0 Å². The Balaban J connectivity index is 1.37. The van der Waals surface area contributed by atoms with Crippen molar-refractivity contribution in [3.8, 4) is 11.3 Å². The van der Waals surface area contributed by atoms with Crippen LogP contribution in [0.15, 0.2) is 41.0 Å². The molecule has 0 radical (unpaired) electrons. The van der Waals surface area contributed by atoms with Crippen LogP contribution in [0.4, 0.5) is 5.82 Å². The summed E-state index contributed by atoms with van der Waals surface area (Å²) in [5.41, 5.74) is 2.41. The second-order valence-corrected chi connectivity index (χ2v) is 8.90. The maximum atomic E-state index is 12.1. The van der Waals surface area contributed by atoms with Crippen molar-refractivity contribution in [2.45, 2.75) is 38.5 Å². The van der Waals surface area contributed by atoms with Gasteiger partial charge in [0, 0.05) is 35.7 Å². The highest BCUT2D eigenvalue weighted by atomic mass is 79.9. The summed E-state index contributed by atoms with van der Waals surface area (Å²) in [6.45, 7) is 1.50. The predicted molar refractivity (Wildman–Crippen MR) is 124 cm³/mol. The molecule has 1 aromatic carbocycles. The van der Waals surface area contributed by atoms with Crippen molar-refractivity contribution in [2.24, 2.45) is 5.92 Å². The zero-order chi connectivity index (χ0) is 20.9. The Morgan fingerprint density at radius 3 is 2.77 bits per heavy atom. The number of carbonyl (C=O) groups excluding carboxylic acids is 1. The number of hydrogen-bond acceptors (Lipinski definition) is 4. The molecular formula is C22H25BrClN5O. The van der Waals surface area contributed by atoms with Gasteiger partial charge in [-0.05, 0) is 47.7 Å². The Bertz CT molecular complexity index is 1030. The quantitative estimate of drug-likeness (QED) is 0.420. The van der Waals surface area contributed by atoms with Gasteiger partial charge < -0.3 is 10.6 Å². The van der Waals surface area contributed by atoms with Gasteiger partial charge in [0.25, 0.3) is 0 Å². The molecule has 1 aliphatic rings. The van der Waals surface area contributed by atoms with E-state index in [1.165, 1.54) is 12.8 Å². The number of aromatic nitrogens is 3. The van der Waals surface area contributed by atoms with E-state index in [2.05, 4.69) is 31.7 Å². The van der Waals surface area contributed by atoms with E-state index in [9.17, 15) is 4.79 Å². The zero-order valence-electron chi connectivity index (χ0n) is 16.7. The van der Waals surface area contributed by atoms with Crippen LogP contribution in [0.25, 0.3) is 16.9 Å². The molecule has 1 saturated carbocycles. The van der Waals surface area contributed by atoms with E-state index in [4.69, 9.17) is 16.6 Å². The zero-order valence-corrected chi connectivity index (χ0v) is 19.0. The molecule has 0 aliphatic heterocycles. The Morgan fingerprint density at radius 1 is 1.20 bits per heavy atom. The number of rotatable bonds is 8. The number of unbranched alkanes of at least 4 members (excludes halogenated alkanes) is 1. The Morgan fingerprint density at radius 2 is 1.97 bits per heavy atom. The third kappa shape index (κ3) is 4.78. The van der Waals surface area contributed by atoms with Crippen molar-refractivity contribution in [1.29, 1.82) is 0 Å². The van der Waals surface area contributed by atoms with Gasteiger partial charge in [-0.3, -0.25) is 4.79 Å². The van der Waals surface area contributed by atoms with E-state index >= 15 is 0 Å². The van der Waals surface area contributed by atoms with Crippen LogP contribution in [0.2, 0.25) is 5.02 Å². The lowest BCUT2D eigenvalue weighted by molar-refractivity contribution is -0.124. The molecule has 8 heteroatoms. The predicted octanol–water partition coefficient (Wildman–Crippen LogP) is 5.31.